The van der Waals surface area contributed by atoms with Gasteiger partial charge in [-0.15, -0.1) is 0 Å². The number of ether oxygens (including phenoxy) is 3. The van der Waals surface area contributed by atoms with E-state index in [9.17, 15) is 13.5 Å². The van der Waals surface area contributed by atoms with E-state index in [1.807, 2.05) is 0 Å². The van der Waals surface area contributed by atoms with Crippen molar-refractivity contribution in [3.8, 4) is 17.2 Å². The molecule has 2 aromatic carbocycles. The zero-order valence-corrected chi connectivity index (χ0v) is 20.5. The minimum absolute atomic E-state index is 0.0399. The number of aromatic amines is 1. The van der Waals surface area contributed by atoms with Crippen LogP contribution in [0.3, 0.4) is 0 Å². The second-order valence-corrected chi connectivity index (χ2v) is 9.65. The van der Waals surface area contributed by atoms with Crippen molar-refractivity contribution in [1.82, 2.24) is 15.4 Å². The Morgan fingerprint density at radius 3 is 2.26 bits per heavy atom. The van der Waals surface area contributed by atoms with E-state index in [2.05, 4.69) is 25.4 Å². The fraction of sp³-hybridized carbons (Fsp3) is 0.273. The molecule has 4 rings (SSSR count). The molecule has 0 aliphatic rings. The molecule has 186 valence electrons. The number of methoxy groups -OCH3 is 3. The first kappa shape index (κ1) is 24.2. The third-order valence-electron chi connectivity index (χ3n) is 5.17. The smallest absolute Gasteiger partial charge is 0.270 e. The zero-order valence-electron chi connectivity index (χ0n) is 19.7. The highest BCUT2D eigenvalue weighted by Gasteiger charge is 2.27. The number of H-pyrrole nitrogens is 1. The number of anilines is 3. The molecule has 0 bridgehead atoms. The van der Waals surface area contributed by atoms with Gasteiger partial charge in [0.2, 0.25) is 0 Å². The topological polar surface area (TPSA) is 161 Å². The molecular formula is C22H25N5O7S. The van der Waals surface area contributed by atoms with Gasteiger partial charge in [0.15, 0.2) is 22.1 Å². The summed E-state index contributed by atoms with van der Waals surface area (Å²) in [6.07, 6.45) is 0. The average molecular weight is 504 g/mol. The number of rotatable bonds is 9. The Morgan fingerprint density at radius 1 is 1.03 bits per heavy atom. The highest BCUT2D eigenvalue weighted by atomic mass is 32.2. The van der Waals surface area contributed by atoms with E-state index >= 15 is 0 Å². The summed E-state index contributed by atoms with van der Waals surface area (Å²) in [4.78, 5) is -0.174. The lowest BCUT2D eigenvalue weighted by Crippen LogP contribution is -2.15. The van der Waals surface area contributed by atoms with Crippen LogP contribution in [0.1, 0.15) is 19.5 Å². The number of benzene rings is 2. The number of aromatic nitrogens is 3. The number of fused-ring (bicyclic) bond motifs is 1. The zero-order chi connectivity index (χ0) is 25.4. The monoisotopic (exact) mass is 503 g/mol. The maximum Gasteiger partial charge on any atom is 0.270 e. The van der Waals surface area contributed by atoms with Gasteiger partial charge in [-0.2, -0.15) is 5.10 Å². The summed E-state index contributed by atoms with van der Waals surface area (Å²) in [6, 6.07) is 9.47. The summed E-state index contributed by atoms with van der Waals surface area (Å²) in [5.74, 6) is 0.991. The number of nitrogens with zero attached hydrogens (tertiary/aromatic N) is 2. The summed E-state index contributed by atoms with van der Waals surface area (Å²) in [5.41, 5.74) is 0.201. The van der Waals surface area contributed by atoms with E-state index < -0.39 is 15.6 Å². The second-order valence-electron chi connectivity index (χ2n) is 8.03. The Balaban J connectivity index is 1.70. The Kier molecular flexibility index (Phi) is 6.21. The molecule has 2 heterocycles. The number of hydrogen-bond donors (Lipinski definition) is 4. The first-order valence-electron chi connectivity index (χ1n) is 10.3. The van der Waals surface area contributed by atoms with Crippen LogP contribution in [0.25, 0.3) is 11.0 Å². The lowest BCUT2D eigenvalue weighted by atomic mass is 10.1. The van der Waals surface area contributed by atoms with Crippen molar-refractivity contribution in [2.75, 3.05) is 31.4 Å². The first-order valence-corrected chi connectivity index (χ1v) is 11.8. The number of sulfonamides is 1. The Labute approximate surface area is 201 Å². The standard InChI is InChI=1S/C22H25N5O7S/c1-22(2,28)18-11-19(25-24-18)23-13-10-16-12(9-17(13)33-5)21(26-34-16)27-35(29,30)20-14(31-3)7-6-8-15(20)32-4/h6-11,28H,1-5H3,(H,26,27)(H2,23,24,25). The van der Waals surface area contributed by atoms with Crippen LogP contribution in [0.4, 0.5) is 17.3 Å². The van der Waals surface area contributed by atoms with Gasteiger partial charge in [0.05, 0.1) is 38.1 Å². The predicted octanol–water partition coefficient (Wildman–Crippen LogP) is 3.35. The van der Waals surface area contributed by atoms with Gasteiger partial charge in [-0.05, 0) is 32.0 Å². The summed E-state index contributed by atoms with van der Waals surface area (Å²) in [5, 5.41) is 24.4. The molecule has 0 saturated carbocycles. The van der Waals surface area contributed by atoms with Crippen molar-refractivity contribution in [3.63, 3.8) is 0 Å². The molecule has 35 heavy (non-hydrogen) atoms. The van der Waals surface area contributed by atoms with Crippen LogP contribution in [0.2, 0.25) is 0 Å². The minimum atomic E-state index is -4.17. The van der Waals surface area contributed by atoms with E-state index in [0.29, 0.717) is 28.3 Å². The summed E-state index contributed by atoms with van der Waals surface area (Å²) >= 11 is 0. The molecule has 0 fully saturated rings. The van der Waals surface area contributed by atoms with Gasteiger partial charge in [0.1, 0.15) is 22.8 Å². The maximum absolute atomic E-state index is 13.2. The Hall–Kier alpha value is -3.97. The molecular weight excluding hydrogens is 478 g/mol. The van der Waals surface area contributed by atoms with Gasteiger partial charge in [0, 0.05) is 12.1 Å². The molecule has 2 aromatic heterocycles. The molecule has 0 atom stereocenters. The molecule has 12 nitrogen and oxygen atoms in total. The van der Waals surface area contributed by atoms with E-state index in [4.69, 9.17) is 18.7 Å². The third kappa shape index (κ3) is 4.68. The molecule has 13 heteroatoms. The Morgan fingerprint density at radius 2 is 1.69 bits per heavy atom. The average Bonchev–Trinajstić information content (AvgIpc) is 3.44. The molecule has 0 radical (unpaired) electrons. The number of hydrogen-bond acceptors (Lipinski definition) is 10. The van der Waals surface area contributed by atoms with Crippen LogP contribution in [-0.2, 0) is 15.6 Å². The quantitative estimate of drug-likeness (QED) is 0.267. The molecule has 0 aliphatic carbocycles. The van der Waals surface area contributed by atoms with Crippen molar-refractivity contribution < 1.29 is 32.3 Å². The predicted molar refractivity (Wildman–Crippen MR) is 128 cm³/mol. The van der Waals surface area contributed by atoms with Crippen molar-refractivity contribution in [1.29, 1.82) is 0 Å². The lowest BCUT2D eigenvalue weighted by molar-refractivity contribution is 0.0738. The number of aliphatic hydroxyl groups is 1. The number of nitrogens with one attached hydrogen (secondary N) is 3. The van der Waals surface area contributed by atoms with Crippen LogP contribution in [-0.4, -0.2) is 50.2 Å². The van der Waals surface area contributed by atoms with Gasteiger partial charge in [-0.25, -0.2) is 8.42 Å². The van der Waals surface area contributed by atoms with Gasteiger partial charge < -0.3 is 29.2 Å². The highest BCUT2D eigenvalue weighted by Crippen LogP contribution is 2.38. The van der Waals surface area contributed by atoms with Crippen molar-refractivity contribution in [2.45, 2.75) is 24.3 Å². The SMILES string of the molecule is COc1cc2c(NS(=O)(=O)c3c(OC)cccc3OC)noc2cc1Nc1cc(C(C)(C)O)[nH]n1. The minimum Gasteiger partial charge on any atom is -0.495 e. The summed E-state index contributed by atoms with van der Waals surface area (Å²) in [6.45, 7) is 3.27. The van der Waals surface area contributed by atoms with Crippen molar-refractivity contribution >= 4 is 38.3 Å². The van der Waals surface area contributed by atoms with Crippen LogP contribution in [0.5, 0.6) is 17.2 Å². The van der Waals surface area contributed by atoms with E-state index in [1.165, 1.54) is 33.5 Å². The van der Waals surface area contributed by atoms with Crippen LogP contribution < -0.4 is 24.2 Å². The largest absolute Gasteiger partial charge is 0.495 e. The fourth-order valence-corrected chi connectivity index (χ4v) is 4.74. The molecule has 0 unspecified atom stereocenters. The van der Waals surface area contributed by atoms with Gasteiger partial charge >= 0.3 is 0 Å². The summed E-state index contributed by atoms with van der Waals surface area (Å²) < 4.78 is 50.2. The normalized spacial score (nSPS) is 11.9. The Bertz CT molecular complexity index is 1450. The molecule has 4 aromatic rings. The molecule has 0 aliphatic heterocycles. The lowest BCUT2D eigenvalue weighted by Gasteiger charge is -2.14. The van der Waals surface area contributed by atoms with E-state index in [-0.39, 0.29) is 27.8 Å². The van der Waals surface area contributed by atoms with Crippen molar-refractivity contribution in [2.24, 2.45) is 0 Å². The van der Waals surface area contributed by atoms with E-state index in [1.54, 1.807) is 38.1 Å². The third-order valence-corrected chi connectivity index (χ3v) is 6.58. The molecule has 0 saturated heterocycles. The van der Waals surface area contributed by atoms with Gasteiger partial charge in [-0.3, -0.25) is 9.82 Å². The summed E-state index contributed by atoms with van der Waals surface area (Å²) in [7, 11) is 0.0293. The van der Waals surface area contributed by atoms with E-state index in [0.717, 1.165) is 0 Å². The highest BCUT2D eigenvalue weighted by molar-refractivity contribution is 7.93. The van der Waals surface area contributed by atoms with Gasteiger partial charge in [-0.1, -0.05) is 11.2 Å². The molecule has 4 N–H and O–H groups in total. The first-order chi connectivity index (χ1) is 16.6. The van der Waals surface area contributed by atoms with Crippen LogP contribution in [0, 0.1) is 0 Å². The van der Waals surface area contributed by atoms with Crippen molar-refractivity contribution in [3.05, 3.63) is 42.1 Å². The molecule has 0 spiro atoms. The molecule has 0 amide bonds. The van der Waals surface area contributed by atoms with Gasteiger partial charge in [0.25, 0.3) is 10.0 Å². The second kappa shape index (κ2) is 9.00. The fourth-order valence-electron chi connectivity index (χ4n) is 3.40. The van der Waals surface area contributed by atoms with Crippen LogP contribution in [0.15, 0.2) is 45.8 Å². The maximum atomic E-state index is 13.2. The van der Waals surface area contributed by atoms with Crippen LogP contribution >= 0.6 is 0 Å².